The third-order valence-electron chi connectivity index (χ3n) is 3.13. The normalized spacial score (nSPS) is 13.0. The van der Waals surface area contributed by atoms with Crippen LogP contribution in [0.1, 0.15) is 27.7 Å². The molecule has 0 aromatic heterocycles. The Morgan fingerprint density at radius 2 is 1.71 bits per heavy atom. The lowest BCUT2D eigenvalue weighted by atomic mass is 10.1. The van der Waals surface area contributed by atoms with Gasteiger partial charge in [-0.05, 0) is 45.2 Å². The van der Waals surface area contributed by atoms with E-state index in [1.807, 2.05) is 52.0 Å². The largest absolute Gasteiger partial charge is 0.373 e. The second-order valence-electron chi connectivity index (χ2n) is 6.25. The minimum atomic E-state index is -0.297. The molecule has 1 atom stereocenters. The molecule has 4 heteroatoms. The van der Waals surface area contributed by atoms with Gasteiger partial charge in [-0.15, -0.1) is 0 Å². The van der Waals surface area contributed by atoms with Crippen LogP contribution in [0.3, 0.4) is 0 Å². The molecule has 0 aliphatic rings. The van der Waals surface area contributed by atoms with Crippen LogP contribution >= 0.6 is 15.9 Å². The van der Waals surface area contributed by atoms with E-state index in [9.17, 15) is 4.79 Å². The minimum Gasteiger partial charge on any atom is -0.373 e. The maximum absolute atomic E-state index is 12.2. The summed E-state index contributed by atoms with van der Waals surface area (Å²) in [7, 11) is 0. The van der Waals surface area contributed by atoms with Crippen LogP contribution < -0.4 is 10.6 Å². The fourth-order valence-electron chi connectivity index (χ4n) is 2.16. The predicted molar refractivity (Wildman–Crippen MR) is 92.6 cm³/mol. The van der Waals surface area contributed by atoms with Gasteiger partial charge in [0.25, 0.3) is 0 Å². The number of rotatable bonds is 3. The first kappa shape index (κ1) is 15.8. The van der Waals surface area contributed by atoms with E-state index < -0.39 is 0 Å². The molecule has 2 rings (SSSR count). The van der Waals surface area contributed by atoms with Gasteiger partial charge < -0.3 is 10.6 Å². The van der Waals surface area contributed by atoms with Gasteiger partial charge in [-0.3, -0.25) is 4.79 Å². The van der Waals surface area contributed by atoms with Crippen molar-refractivity contribution in [1.82, 2.24) is 5.32 Å². The molecule has 112 valence electrons. The summed E-state index contributed by atoms with van der Waals surface area (Å²) in [4.78, 5) is 12.2. The van der Waals surface area contributed by atoms with E-state index >= 15 is 0 Å². The van der Waals surface area contributed by atoms with Gasteiger partial charge in [0.2, 0.25) is 5.91 Å². The van der Waals surface area contributed by atoms with Crippen molar-refractivity contribution in [2.45, 2.75) is 39.3 Å². The molecule has 3 nitrogen and oxygen atoms in total. The number of anilines is 1. The Morgan fingerprint density at radius 3 is 2.33 bits per heavy atom. The number of fused-ring (bicyclic) bond motifs is 1. The van der Waals surface area contributed by atoms with Gasteiger partial charge in [-0.1, -0.05) is 40.2 Å². The highest BCUT2D eigenvalue weighted by Gasteiger charge is 2.19. The van der Waals surface area contributed by atoms with Crippen LogP contribution in [0, 0.1) is 0 Å². The lowest BCUT2D eigenvalue weighted by Crippen LogP contribution is -2.47. The first-order valence-corrected chi connectivity index (χ1v) is 7.83. The molecule has 0 bridgehead atoms. The molecule has 0 heterocycles. The van der Waals surface area contributed by atoms with Crippen molar-refractivity contribution >= 4 is 38.3 Å². The number of halogens is 1. The summed E-state index contributed by atoms with van der Waals surface area (Å²) in [6.45, 7) is 7.81. The summed E-state index contributed by atoms with van der Waals surface area (Å²) in [5.74, 6) is -0.00509. The van der Waals surface area contributed by atoms with Crippen molar-refractivity contribution < 1.29 is 4.79 Å². The maximum atomic E-state index is 12.2. The van der Waals surface area contributed by atoms with Crippen molar-refractivity contribution in [1.29, 1.82) is 0 Å². The van der Waals surface area contributed by atoms with Crippen LogP contribution in [0.4, 0.5) is 5.69 Å². The number of nitrogens with one attached hydrogen (secondary N) is 2. The summed E-state index contributed by atoms with van der Waals surface area (Å²) < 4.78 is 1.05. The summed E-state index contributed by atoms with van der Waals surface area (Å²) in [5.41, 5.74) is 0.736. The Labute approximate surface area is 134 Å². The summed E-state index contributed by atoms with van der Waals surface area (Å²) in [6, 6.07) is 11.8. The summed E-state index contributed by atoms with van der Waals surface area (Å²) in [5, 5.41) is 8.52. The zero-order valence-corrected chi connectivity index (χ0v) is 14.4. The van der Waals surface area contributed by atoms with E-state index in [0.29, 0.717) is 0 Å². The van der Waals surface area contributed by atoms with Crippen molar-refractivity contribution in [3.8, 4) is 0 Å². The number of hydrogen-bond acceptors (Lipinski definition) is 2. The van der Waals surface area contributed by atoms with E-state index in [0.717, 1.165) is 20.9 Å². The second kappa shape index (κ2) is 6.06. The number of amides is 1. The fourth-order valence-corrected chi connectivity index (χ4v) is 2.64. The first-order chi connectivity index (χ1) is 9.78. The molecule has 0 saturated heterocycles. The fraction of sp³-hybridized carbons (Fsp3) is 0.353. The zero-order chi connectivity index (χ0) is 15.6. The highest BCUT2D eigenvalue weighted by molar-refractivity contribution is 9.10. The monoisotopic (exact) mass is 348 g/mol. The molecular weight excluding hydrogens is 328 g/mol. The van der Waals surface area contributed by atoms with Gasteiger partial charge in [0.05, 0.1) is 0 Å². The third-order valence-corrected chi connectivity index (χ3v) is 3.83. The van der Waals surface area contributed by atoms with Crippen LogP contribution in [0.25, 0.3) is 10.8 Å². The molecule has 2 aromatic rings. The standard InChI is InChI=1S/C17H21BrN2O/c1-11(16(21)20-17(2,3)4)19-15-10-9-14(18)12-7-5-6-8-13(12)15/h5-11,19H,1-4H3,(H,20,21). The molecule has 21 heavy (non-hydrogen) atoms. The van der Waals surface area contributed by atoms with E-state index in [1.54, 1.807) is 0 Å². The molecule has 2 aromatic carbocycles. The van der Waals surface area contributed by atoms with Crippen LogP contribution in [0.2, 0.25) is 0 Å². The number of carbonyl (C=O) groups is 1. The zero-order valence-electron chi connectivity index (χ0n) is 12.8. The lowest BCUT2D eigenvalue weighted by molar-refractivity contribution is -0.122. The second-order valence-corrected chi connectivity index (χ2v) is 7.10. The van der Waals surface area contributed by atoms with Crippen LogP contribution in [-0.2, 0) is 4.79 Å². The molecule has 1 amide bonds. The van der Waals surface area contributed by atoms with Gasteiger partial charge >= 0.3 is 0 Å². The van der Waals surface area contributed by atoms with Crippen molar-refractivity contribution in [2.75, 3.05) is 5.32 Å². The first-order valence-electron chi connectivity index (χ1n) is 7.04. The van der Waals surface area contributed by atoms with E-state index in [1.165, 1.54) is 0 Å². The molecule has 0 aliphatic heterocycles. The third kappa shape index (κ3) is 3.97. The Kier molecular flexibility index (Phi) is 4.57. The Balaban J connectivity index is 2.24. The number of benzene rings is 2. The Morgan fingerprint density at radius 1 is 1.10 bits per heavy atom. The van der Waals surface area contributed by atoms with Gasteiger partial charge in [0.1, 0.15) is 6.04 Å². The highest BCUT2D eigenvalue weighted by atomic mass is 79.9. The average Bonchev–Trinajstić information content (AvgIpc) is 2.40. The molecular formula is C17H21BrN2O. The Hall–Kier alpha value is -1.55. The SMILES string of the molecule is CC(Nc1ccc(Br)c2ccccc12)C(=O)NC(C)(C)C. The molecule has 1 unspecified atom stereocenters. The molecule has 0 fully saturated rings. The molecule has 0 aliphatic carbocycles. The van der Waals surface area contributed by atoms with Crippen molar-refractivity contribution in [3.05, 3.63) is 40.9 Å². The predicted octanol–water partition coefficient (Wildman–Crippen LogP) is 4.32. The maximum Gasteiger partial charge on any atom is 0.242 e. The Bertz CT molecular complexity index is 661. The molecule has 0 spiro atoms. The van der Waals surface area contributed by atoms with Crippen LogP contribution in [-0.4, -0.2) is 17.5 Å². The smallest absolute Gasteiger partial charge is 0.242 e. The van der Waals surface area contributed by atoms with Crippen molar-refractivity contribution in [3.63, 3.8) is 0 Å². The van der Waals surface area contributed by atoms with Gasteiger partial charge in [0, 0.05) is 21.1 Å². The van der Waals surface area contributed by atoms with E-state index in [4.69, 9.17) is 0 Å². The van der Waals surface area contributed by atoms with Gasteiger partial charge in [0.15, 0.2) is 0 Å². The molecule has 0 saturated carbocycles. The number of carbonyl (C=O) groups excluding carboxylic acids is 1. The average molecular weight is 349 g/mol. The van der Waals surface area contributed by atoms with E-state index in [2.05, 4.69) is 38.7 Å². The topological polar surface area (TPSA) is 41.1 Å². The molecule has 0 radical (unpaired) electrons. The summed E-state index contributed by atoms with van der Waals surface area (Å²) >= 11 is 3.56. The summed E-state index contributed by atoms with van der Waals surface area (Å²) in [6.07, 6.45) is 0. The molecule has 2 N–H and O–H groups in total. The minimum absolute atomic E-state index is 0.00509. The highest BCUT2D eigenvalue weighted by Crippen LogP contribution is 2.30. The van der Waals surface area contributed by atoms with Crippen molar-refractivity contribution in [2.24, 2.45) is 0 Å². The van der Waals surface area contributed by atoms with Crippen LogP contribution in [0.15, 0.2) is 40.9 Å². The van der Waals surface area contributed by atoms with E-state index in [-0.39, 0.29) is 17.5 Å². The number of hydrogen-bond donors (Lipinski definition) is 2. The van der Waals surface area contributed by atoms with Gasteiger partial charge in [-0.2, -0.15) is 0 Å². The van der Waals surface area contributed by atoms with Crippen LogP contribution in [0.5, 0.6) is 0 Å². The van der Waals surface area contributed by atoms with Gasteiger partial charge in [-0.25, -0.2) is 0 Å². The quantitative estimate of drug-likeness (QED) is 0.867. The lowest BCUT2D eigenvalue weighted by Gasteiger charge is -2.24.